The van der Waals surface area contributed by atoms with E-state index in [1.165, 1.54) is 33.4 Å². The van der Waals surface area contributed by atoms with Crippen molar-refractivity contribution in [3.8, 4) is 85.1 Å². The second-order valence-electron chi connectivity index (χ2n) is 18.2. The molecule has 9 aromatic carbocycles. The summed E-state index contributed by atoms with van der Waals surface area (Å²) >= 11 is 0. The van der Waals surface area contributed by atoms with E-state index in [0.29, 0.717) is 23.3 Å². The molecule has 15 rings (SSSR count). The molecule has 332 valence electrons. The van der Waals surface area contributed by atoms with Crippen molar-refractivity contribution in [3.05, 3.63) is 270 Å². The number of imidazole rings is 1. The van der Waals surface area contributed by atoms with Crippen molar-refractivity contribution in [1.29, 1.82) is 0 Å². The normalized spacial score (nSPS) is 14.2. The number of hydrogen-bond donors (Lipinski definition) is 0. The lowest BCUT2D eigenvalue weighted by Gasteiger charge is -2.42. The van der Waals surface area contributed by atoms with E-state index < -0.39 is 0 Å². The van der Waals surface area contributed by atoms with Gasteiger partial charge in [0.2, 0.25) is 0 Å². The maximum absolute atomic E-state index is 5.29. The van der Waals surface area contributed by atoms with Gasteiger partial charge in [0.15, 0.2) is 23.3 Å². The minimum atomic E-state index is 0.0358. The summed E-state index contributed by atoms with van der Waals surface area (Å²) in [7, 11) is 0. The largest absolute Gasteiger partial charge is 0.292 e. The molecule has 3 heterocycles. The van der Waals surface area contributed by atoms with E-state index in [4.69, 9.17) is 29.9 Å². The van der Waals surface area contributed by atoms with Crippen LogP contribution >= 0.6 is 0 Å². The summed E-state index contributed by atoms with van der Waals surface area (Å²) in [6, 6.07) is 82.8. The van der Waals surface area contributed by atoms with Gasteiger partial charge in [-0.3, -0.25) is 4.57 Å². The van der Waals surface area contributed by atoms with Gasteiger partial charge >= 0.3 is 0 Å². The van der Waals surface area contributed by atoms with Gasteiger partial charge in [-0.1, -0.05) is 194 Å². The first-order valence-electron chi connectivity index (χ1n) is 24.0. The molecule has 0 spiro atoms. The first kappa shape index (κ1) is 40.6. The fraction of sp³-hybridized carbons (Fsp3) is 0.0312. The first-order valence-corrected chi connectivity index (χ1v) is 24.0. The zero-order chi connectivity index (χ0) is 46.8. The highest BCUT2D eigenvalue weighted by atomic mass is 15.1. The quantitative estimate of drug-likeness (QED) is 0.151. The van der Waals surface area contributed by atoms with Crippen LogP contribution in [0.25, 0.3) is 96.2 Å². The molecule has 71 heavy (non-hydrogen) atoms. The molecule has 3 aliphatic rings. The molecule has 0 radical (unpaired) electrons. The number of fused-ring (bicyclic) bond motifs is 1. The Morgan fingerprint density at radius 2 is 0.676 bits per heavy atom. The molecule has 0 aliphatic heterocycles. The predicted octanol–water partition coefficient (Wildman–Crippen LogP) is 14.7. The van der Waals surface area contributed by atoms with Crippen LogP contribution in [0.3, 0.4) is 0 Å². The molecule has 7 heteroatoms. The third kappa shape index (κ3) is 6.97. The first-order chi connectivity index (χ1) is 35.2. The molecule has 0 N–H and O–H groups in total. The zero-order valence-electron chi connectivity index (χ0n) is 38.3. The average molecular weight is 908 g/mol. The van der Waals surface area contributed by atoms with Crippen LogP contribution in [0, 0.1) is 0 Å². The van der Waals surface area contributed by atoms with Crippen molar-refractivity contribution in [3.63, 3.8) is 0 Å². The monoisotopic (exact) mass is 907 g/mol. The van der Waals surface area contributed by atoms with Crippen molar-refractivity contribution < 1.29 is 0 Å². The number of hydrogen-bond acceptors (Lipinski definition) is 6. The van der Waals surface area contributed by atoms with Crippen LogP contribution in [-0.4, -0.2) is 34.5 Å². The highest BCUT2D eigenvalue weighted by Gasteiger charge is 2.41. The molecule has 0 saturated heterocycles. The molecule has 3 aliphatic carbocycles. The van der Waals surface area contributed by atoms with E-state index in [0.717, 1.165) is 72.9 Å². The number of nitrogens with zero attached hydrogens (tertiary/aromatic N) is 7. The highest BCUT2D eigenvalue weighted by Crippen LogP contribution is 2.56. The number of para-hydroxylation sites is 3. The Hall–Kier alpha value is -9.46. The minimum absolute atomic E-state index is 0.0358. The lowest BCUT2D eigenvalue weighted by Crippen LogP contribution is -2.27. The Kier molecular flexibility index (Phi) is 9.52. The van der Waals surface area contributed by atoms with E-state index >= 15 is 0 Å². The second-order valence-corrected chi connectivity index (χ2v) is 18.2. The summed E-state index contributed by atoms with van der Waals surface area (Å²) in [5.74, 6) is 3.60. The van der Waals surface area contributed by atoms with Gasteiger partial charge in [0.1, 0.15) is 5.82 Å². The number of aromatic nitrogens is 7. The molecular formula is C64H41N7. The van der Waals surface area contributed by atoms with Gasteiger partial charge in [0, 0.05) is 56.5 Å². The molecule has 2 unspecified atom stereocenters. The lowest BCUT2D eigenvalue weighted by molar-refractivity contribution is 0.754. The van der Waals surface area contributed by atoms with Crippen molar-refractivity contribution >= 4 is 11.0 Å². The Morgan fingerprint density at radius 3 is 1.25 bits per heavy atom. The summed E-state index contributed by atoms with van der Waals surface area (Å²) in [6.07, 6.45) is 0. The Balaban J connectivity index is 0.862. The van der Waals surface area contributed by atoms with Gasteiger partial charge in [-0.05, 0) is 75.8 Å². The molecule has 2 bridgehead atoms. The molecule has 0 saturated carbocycles. The number of benzene rings is 9. The van der Waals surface area contributed by atoms with E-state index in [1.54, 1.807) is 0 Å². The summed E-state index contributed by atoms with van der Waals surface area (Å²) in [6.45, 7) is 0. The van der Waals surface area contributed by atoms with Crippen molar-refractivity contribution in [1.82, 2.24) is 34.5 Å². The van der Waals surface area contributed by atoms with Gasteiger partial charge < -0.3 is 0 Å². The fourth-order valence-electron chi connectivity index (χ4n) is 10.8. The van der Waals surface area contributed by atoms with Gasteiger partial charge in [-0.15, -0.1) is 0 Å². The molecule has 0 amide bonds. The fourth-order valence-corrected chi connectivity index (χ4v) is 10.8. The van der Waals surface area contributed by atoms with Gasteiger partial charge in [-0.2, -0.15) is 0 Å². The third-order valence-corrected chi connectivity index (χ3v) is 14.1. The average Bonchev–Trinajstić information content (AvgIpc) is 3.85. The van der Waals surface area contributed by atoms with Crippen LogP contribution in [0.1, 0.15) is 45.2 Å². The maximum atomic E-state index is 5.29. The van der Waals surface area contributed by atoms with Crippen LogP contribution in [0.2, 0.25) is 0 Å². The zero-order valence-corrected chi connectivity index (χ0v) is 38.3. The van der Waals surface area contributed by atoms with Crippen molar-refractivity contribution in [2.24, 2.45) is 0 Å². The minimum Gasteiger partial charge on any atom is -0.292 e. The Bertz CT molecular complexity index is 3930. The van der Waals surface area contributed by atoms with E-state index in [2.05, 4.69) is 174 Å². The summed E-state index contributed by atoms with van der Waals surface area (Å²) < 4.78 is 2.23. The summed E-state index contributed by atoms with van der Waals surface area (Å²) in [5.41, 5.74) is 19.6. The molecule has 0 fully saturated rings. The van der Waals surface area contributed by atoms with Crippen molar-refractivity contribution in [2.75, 3.05) is 0 Å². The van der Waals surface area contributed by atoms with Gasteiger partial charge in [0.05, 0.1) is 22.4 Å². The van der Waals surface area contributed by atoms with Crippen LogP contribution in [0.4, 0.5) is 0 Å². The maximum Gasteiger partial charge on any atom is 0.164 e. The van der Waals surface area contributed by atoms with E-state index in [9.17, 15) is 0 Å². The van der Waals surface area contributed by atoms with Crippen LogP contribution in [0.15, 0.2) is 237 Å². The second kappa shape index (κ2) is 16.6. The molecule has 3 aromatic heterocycles. The van der Waals surface area contributed by atoms with E-state index in [1.807, 2.05) is 66.7 Å². The summed E-state index contributed by atoms with van der Waals surface area (Å²) in [5, 5.41) is 0. The standard InChI is InChI=1S/C64H41N7/c1-5-17-41(18-6-1)60-65-55(40-29-31-44(32-30-40)64-67-54-27-15-16-28-57(54)71(64)47-23-11-4-12-24-47)39-56(66-60)45-33-35-50-52(37-45)58-48-25-13-14-26-49(48)59(50)53-38-46(34-36-51(53)58)63-69-61(42-19-7-2-8-20-42)68-62(70-63)43-21-9-3-10-22-43/h1-39,58-59H. The van der Waals surface area contributed by atoms with Gasteiger partial charge in [0.25, 0.3) is 0 Å². The van der Waals surface area contributed by atoms with E-state index in [-0.39, 0.29) is 11.8 Å². The SMILES string of the molecule is c1ccc(-c2nc(-c3ccc(-c4nc5ccccc5n4-c4ccccc4)cc3)cc(-c3ccc4c(c3)C3c5ccccc5C4c4cc(-c5nc(-c6ccccc6)nc(-c6ccccc6)n5)ccc43)n2)cc1. The molecular weight excluding hydrogens is 867 g/mol. The summed E-state index contributed by atoms with van der Waals surface area (Å²) in [4.78, 5) is 30.8. The highest BCUT2D eigenvalue weighted by molar-refractivity contribution is 5.84. The molecule has 2 atom stereocenters. The lowest BCUT2D eigenvalue weighted by atomic mass is 9.60. The Morgan fingerprint density at radius 1 is 0.268 bits per heavy atom. The van der Waals surface area contributed by atoms with Crippen LogP contribution in [-0.2, 0) is 0 Å². The third-order valence-electron chi connectivity index (χ3n) is 14.1. The van der Waals surface area contributed by atoms with Gasteiger partial charge in [-0.25, -0.2) is 29.9 Å². The molecule has 7 nitrogen and oxygen atoms in total. The van der Waals surface area contributed by atoms with Crippen LogP contribution < -0.4 is 0 Å². The molecule has 12 aromatic rings. The van der Waals surface area contributed by atoms with Crippen LogP contribution in [0.5, 0.6) is 0 Å². The smallest absolute Gasteiger partial charge is 0.164 e. The number of rotatable bonds is 8. The topological polar surface area (TPSA) is 82.3 Å². The Labute approximate surface area is 410 Å². The predicted molar refractivity (Wildman–Crippen MR) is 283 cm³/mol. The van der Waals surface area contributed by atoms with Crippen molar-refractivity contribution in [2.45, 2.75) is 11.8 Å².